The molecule has 1 aromatic heterocycles. The van der Waals surface area contributed by atoms with Crippen molar-refractivity contribution in [3.8, 4) is 11.5 Å². The van der Waals surface area contributed by atoms with Crippen molar-refractivity contribution in [3.63, 3.8) is 0 Å². The van der Waals surface area contributed by atoms with E-state index in [0.29, 0.717) is 17.2 Å². The third-order valence-electron chi connectivity index (χ3n) is 4.89. The molecule has 1 saturated heterocycles. The van der Waals surface area contributed by atoms with Gasteiger partial charge in [-0.05, 0) is 49.1 Å². The van der Waals surface area contributed by atoms with Crippen LogP contribution in [0.4, 0.5) is 0 Å². The highest BCUT2D eigenvalue weighted by Gasteiger charge is 2.25. The fourth-order valence-corrected chi connectivity index (χ4v) is 3.59. The summed E-state index contributed by atoms with van der Waals surface area (Å²) in [6.07, 6.45) is 7.78. The molecule has 1 atom stereocenters. The first-order chi connectivity index (χ1) is 13.3. The number of imidazole rings is 1. The summed E-state index contributed by atoms with van der Waals surface area (Å²) < 4.78 is 7.96. The maximum atomic E-state index is 13.0. The number of ether oxygens (including phenoxy) is 1. The zero-order valence-electron chi connectivity index (χ0n) is 15.2. The number of rotatable bonds is 5. The minimum absolute atomic E-state index is 0.0730. The molecule has 1 aliphatic heterocycles. The second kappa shape index (κ2) is 8.08. The van der Waals surface area contributed by atoms with Gasteiger partial charge in [0.15, 0.2) is 0 Å². The fourth-order valence-electron chi connectivity index (χ4n) is 3.59. The Kier molecular flexibility index (Phi) is 5.19. The summed E-state index contributed by atoms with van der Waals surface area (Å²) >= 11 is 0. The number of nitrogens with zero attached hydrogens (tertiary/aromatic N) is 3. The summed E-state index contributed by atoms with van der Waals surface area (Å²) in [5.74, 6) is 1.98. The van der Waals surface area contributed by atoms with Gasteiger partial charge in [-0.25, -0.2) is 4.98 Å². The smallest absolute Gasteiger partial charge is 0.253 e. The Labute approximate surface area is 159 Å². The van der Waals surface area contributed by atoms with Crippen LogP contribution in [0, 0.1) is 5.92 Å². The van der Waals surface area contributed by atoms with Gasteiger partial charge in [0.25, 0.3) is 5.91 Å². The first-order valence-electron chi connectivity index (χ1n) is 9.36. The number of carbonyl (C=O) groups excluding carboxylic acids is 1. The van der Waals surface area contributed by atoms with Crippen LogP contribution in [0.1, 0.15) is 23.2 Å². The van der Waals surface area contributed by atoms with E-state index in [0.717, 1.165) is 38.2 Å². The lowest BCUT2D eigenvalue weighted by atomic mass is 9.97. The molecular formula is C22H23N3O2. The zero-order valence-corrected chi connectivity index (χ0v) is 15.2. The molecule has 1 fully saturated rings. The van der Waals surface area contributed by atoms with E-state index in [1.54, 1.807) is 6.20 Å². The van der Waals surface area contributed by atoms with Crippen LogP contribution in [0.2, 0.25) is 0 Å². The molecule has 1 aliphatic rings. The second-order valence-electron chi connectivity index (χ2n) is 6.96. The molecule has 138 valence electrons. The highest BCUT2D eigenvalue weighted by Crippen LogP contribution is 2.24. The number of benzene rings is 2. The maximum Gasteiger partial charge on any atom is 0.253 e. The van der Waals surface area contributed by atoms with Gasteiger partial charge in [-0.15, -0.1) is 0 Å². The van der Waals surface area contributed by atoms with Crippen molar-refractivity contribution in [3.05, 3.63) is 78.9 Å². The minimum Gasteiger partial charge on any atom is -0.457 e. The Morgan fingerprint density at radius 2 is 1.96 bits per heavy atom. The predicted molar refractivity (Wildman–Crippen MR) is 104 cm³/mol. The van der Waals surface area contributed by atoms with Crippen molar-refractivity contribution in [2.24, 2.45) is 5.92 Å². The number of likely N-dealkylation sites (tertiary alicyclic amines) is 1. The number of hydrogen-bond donors (Lipinski definition) is 0. The van der Waals surface area contributed by atoms with Gasteiger partial charge in [-0.1, -0.05) is 24.3 Å². The highest BCUT2D eigenvalue weighted by atomic mass is 16.5. The van der Waals surface area contributed by atoms with Crippen molar-refractivity contribution < 1.29 is 9.53 Å². The highest BCUT2D eigenvalue weighted by molar-refractivity contribution is 5.94. The second-order valence-corrected chi connectivity index (χ2v) is 6.96. The summed E-state index contributed by atoms with van der Waals surface area (Å²) in [6, 6.07) is 17.1. The molecule has 0 radical (unpaired) electrons. The van der Waals surface area contributed by atoms with Crippen LogP contribution in [0.3, 0.4) is 0 Å². The number of amides is 1. The van der Waals surface area contributed by atoms with Crippen molar-refractivity contribution >= 4 is 5.91 Å². The van der Waals surface area contributed by atoms with Crippen LogP contribution >= 0.6 is 0 Å². The molecule has 0 saturated carbocycles. The molecule has 0 aliphatic carbocycles. The van der Waals surface area contributed by atoms with Crippen LogP contribution in [-0.4, -0.2) is 33.4 Å². The third kappa shape index (κ3) is 4.37. The van der Waals surface area contributed by atoms with E-state index in [-0.39, 0.29) is 5.91 Å². The minimum atomic E-state index is 0.0730. The van der Waals surface area contributed by atoms with E-state index in [1.165, 1.54) is 0 Å². The normalized spacial score (nSPS) is 16.9. The largest absolute Gasteiger partial charge is 0.457 e. The summed E-state index contributed by atoms with van der Waals surface area (Å²) in [5, 5.41) is 0. The summed E-state index contributed by atoms with van der Waals surface area (Å²) in [5.41, 5.74) is 0.673. The van der Waals surface area contributed by atoms with Gasteiger partial charge in [0.1, 0.15) is 11.5 Å². The van der Waals surface area contributed by atoms with Gasteiger partial charge in [0.05, 0.1) is 6.33 Å². The van der Waals surface area contributed by atoms with Crippen LogP contribution < -0.4 is 4.74 Å². The van der Waals surface area contributed by atoms with E-state index in [1.807, 2.05) is 72.0 Å². The SMILES string of the molecule is O=C(c1cccc(Oc2ccccc2)c1)N1CCCC(Cn2ccnc2)C1. The molecule has 5 heteroatoms. The lowest BCUT2D eigenvalue weighted by Crippen LogP contribution is -2.41. The van der Waals surface area contributed by atoms with Gasteiger partial charge in [-0.2, -0.15) is 0 Å². The van der Waals surface area contributed by atoms with Crippen LogP contribution in [0.15, 0.2) is 73.3 Å². The quantitative estimate of drug-likeness (QED) is 0.683. The number of para-hydroxylation sites is 1. The Hall–Kier alpha value is -3.08. The Morgan fingerprint density at radius 1 is 1.11 bits per heavy atom. The molecule has 27 heavy (non-hydrogen) atoms. The molecular weight excluding hydrogens is 338 g/mol. The van der Waals surface area contributed by atoms with Crippen LogP contribution in [0.25, 0.3) is 0 Å². The van der Waals surface area contributed by atoms with Crippen molar-refractivity contribution in [2.75, 3.05) is 13.1 Å². The van der Waals surface area contributed by atoms with Crippen LogP contribution in [0.5, 0.6) is 11.5 Å². The average molecular weight is 361 g/mol. The molecule has 1 unspecified atom stereocenters. The fraction of sp³-hybridized carbons (Fsp3) is 0.273. The first-order valence-corrected chi connectivity index (χ1v) is 9.36. The molecule has 1 amide bonds. The molecule has 2 heterocycles. The number of aromatic nitrogens is 2. The Morgan fingerprint density at radius 3 is 2.78 bits per heavy atom. The Bertz CT molecular complexity index is 878. The van der Waals surface area contributed by atoms with Gasteiger partial charge in [-0.3, -0.25) is 4.79 Å². The van der Waals surface area contributed by atoms with Gasteiger partial charge in [0.2, 0.25) is 0 Å². The summed E-state index contributed by atoms with van der Waals surface area (Å²) in [6.45, 7) is 2.49. The topological polar surface area (TPSA) is 47.4 Å². The summed E-state index contributed by atoms with van der Waals surface area (Å²) in [7, 11) is 0. The van der Waals surface area contributed by atoms with Crippen molar-refractivity contribution in [2.45, 2.75) is 19.4 Å². The molecule has 2 aromatic carbocycles. The van der Waals surface area contributed by atoms with Crippen LogP contribution in [-0.2, 0) is 6.54 Å². The standard InChI is InChI=1S/C22H23N3O2/c26-22(25-12-5-6-18(16-25)15-24-13-11-23-17-24)19-7-4-10-21(14-19)27-20-8-2-1-3-9-20/h1-4,7-11,13-14,17-18H,5-6,12,15-16H2. The van der Waals surface area contributed by atoms with E-state index in [2.05, 4.69) is 9.55 Å². The van der Waals surface area contributed by atoms with Gasteiger partial charge >= 0.3 is 0 Å². The number of carbonyl (C=O) groups is 1. The molecule has 3 aromatic rings. The molecule has 0 N–H and O–H groups in total. The molecule has 0 spiro atoms. The van der Waals surface area contributed by atoms with E-state index >= 15 is 0 Å². The molecule has 4 rings (SSSR count). The van der Waals surface area contributed by atoms with Crippen molar-refractivity contribution in [1.82, 2.24) is 14.5 Å². The third-order valence-corrected chi connectivity index (χ3v) is 4.89. The van der Waals surface area contributed by atoms with E-state index in [4.69, 9.17) is 4.74 Å². The number of piperidine rings is 1. The first kappa shape index (κ1) is 17.3. The van der Waals surface area contributed by atoms with E-state index < -0.39 is 0 Å². The van der Waals surface area contributed by atoms with Gasteiger partial charge in [0, 0.05) is 37.6 Å². The lowest BCUT2D eigenvalue weighted by Gasteiger charge is -2.33. The maximum absolute atomic E-state index is 13.0. The monoisotopic (exact) mass is 361 g/mol. The van der Waals surface area contributed by atoms with Crippen molar-refractivity contribution in [1.29, 1.82) is 0 Å². The molecule has 0 bridgehead atoms. The predicted octanol–water partition coefficient (Wildman–Crippen LogP) is 4.23. The van der Waals surface area contributed by atoms with Gasteiger partial charge < -0.3 is 14.2 Å². The summed E-state index contributed by atoms with van der Waals surface area (Å²) in [4.78, 5) is 19.1. The molecule has 5 nitrogen and oxygen atoms in total. The lowest BCUT2D eigenvalue weighted by molar-refractivity contribution is 0.0662. The average Bonchev–Trinajstić information content (AvgIpc) is 3.22. The van der Waals surface area contributed by atoms with E-state index in [9.17, 15) is 4.79 Å². The number of hydrogen-bond acceptors (Lipinski definition) is 3. The Balaban J connectivity index is 1.43. The zero-order chi connectivity index (χ0) is 18.5.